The molecule has 3 aromatic rings. The summed E-state index contributed by atoms with van der Waals surface area (Å²) in [6, 6.07) is 14.4. The number of hydrogen-bond acceptors (Lipinski definition) is 4. The van der Waals surface area contributed by atoms with Crippen LogP contribution in [0.15, 0.2) is 48.5 Å². The summed E-state index contributed by atoms with van der Waals surface area (Å²) in [4.78, 5) is 30.6. The van der Waals surface area contributed by atoms with Gasteiger partial charge in [-0.3, -0.25) is 14.8 Å². The van der Waals surface area contributed by atoms with Crippen molar-refractivity contribution in [3.8, 4) is 11.4 Å². The van der Waals surface area contributed by atoms with E-state index in [1.165, 1.54) is 12.8 Å². The number of aromatic amines is 1. The quantitative estimate of drug-likeness (QED) is 0.625. The van der Waals surface area contributed by atoms with Crippen molar-refractivity contribution >= 4 is 23.3 Å². The van der Waals surface area contributed by atoms with Crippen molar-refractivity contribution in [2.45, 2.75) is 18.8 Å². The number of H-pyrrole nitrogens is 1. The van der Waals surface area contributed by atoms with Crippen LogP contribution < -0.4 is 15.5 Å². The van der Waals surface area contributed by atoms with Gasteiger partial charge in [0.2, 0.25) is 0 Å². The van der Waals surface area contributed by atoms with Crippen LogP contribution in [0.3, 0.4) is 0 Å². The second-order valence-electron chi connectivity index (χ2n) is 7.28. The first-order valence-electron chi connectivity index (χ1n) is 9.67. The third kappa shape index (κ3) is 3.56. The lowest BCUT2D eigenvalue weighted by Gasteiger charge is -2.15. The molecule has 2 aromatic carbocycles. The Kier molecular flexibility index (Phi) is 4.23. The average molecular weight is 388 g/mol. The summed E-state index contributed by atoms with van der Waals surface area (Å²) >= 11 is 0. The van der Waals surface area contributed by atoms with E-state index in [9.17, 15) is 9.59 Å². The Hall–Kier alpha value is -3.68. The number of carbonyl (C=O) groups excluding carboxylic acids is 2. The molecule has 1 saturated heterocycles. The number of nitrogens with zero attached hydrogens (tertiary/aromatic N) is 3. The van der Waals surface area contributed by atoms with Crippen LogP contribution in [-0.4, -0.2) is 40.2 Å². The van der Waals surface area contributed by atoms with Gasteiger partial charge in [0.25, 0.3) is 5.91 Å². The molecule has 3 N–H and O–H groups in total. The van der Waals surface area contributed by atoms with Crippen LogP contribution in [-0.2, 0) is 0 Å². The molecule has 29 heavy (non-hydrogen) atoms. The van der Waals surface area contributed by atoms with Crippen molar-refractivity contribution in [1.29, 1.82) is 0 Å². The van der Waals surface area contributed by atoms with Gasteiger partial charge < -0.3 is 10.6 Å². The van der Waals surface area contributed by atoms with Gasteiger partial charge in [0.15, 0.2) is 5.82 Å². The van der Waals surface area contributed by atoms with E-state index in [1.807, 2.05) is 30.3 Å². The second-order valence-corrected chi connectivity index (χ2v) is 7.28. The fourth-order valence-electron chi connectivity index (χ4n) is 3.38. The number of anilines is 2. The number of rotatable bonds is 5. The number of hydrogen-bond donors (Lipinski definition) is 3. The number of aromatic nitrogens is 3. The molecule has 0 bridgehead atoms. The van der Waals surface area contributed by atoms with Crippen LogP contribution in [0.25, 0.3) is 11.4 Å². The summed E-state index contributed by atoms with van der Waals surface area (Å²) in [6.07, 6.45) is 2.34. The molecular weight excluding hydrogens is 368 g/mol. The number of carbonyl (C=O) groups is 2. The summed E-state index contributed by atoms with van der Waals surface area (Å²) in [5, 5.41) is 12.9. The van der Waals surface area contributed by atoms with Gasteiger partial charge in [0.05, 0.1) is 0 Å². The van der Waals surface area contributed by atoms with Crippen LogP contribution >= 0.6 is 0 Å². The van der Waals surface area contributed by atoms with Gasteiger partial charge in [-0.25, -0.2) is 9.78 Å². The van der Waals surface area contributed by atoms with Gasteiger partial charge in [-0.15, -0.1) is 0 Å². The minimum absolute atomic E-state index is 0.144. The molecule has 2 aliphatic rings. The topological polar surface area (TPSA) is 103 Å². The molecule has 0 unspecified atom stereocenters. The summed E-state index contributed by atoms with van der Waals surface area (Å²) in [5.41, 5.74) is 2.78. The molecule has 1 saturated carbocycles. The zero-order valence-corrected chi connectivity index (χ0v) is 15.7. The molecule has 0 radical (unpaired) electrons. The van der Waals surface area contributed by atoms with Gasteiger partial charge in [-0.2, -0.15) is 5.10 Å². The van der Waals surface area contributed by atoms with Gasteiger partial charge in [0, 0.05) is 41.5 Å². The first kappa shape index (κ1) is 17.4. The highest BCUT2D eigenvalue weighted by Gasteiger charge is 2.27. The van der Waals surface area contributed by atoms with E-state index < -0.39 is 0 Å². The number of urea groups is 1. The predicted molar refractivity (Wildman–Crippen MR) is 109 cm³/mol. The SMILES string of the molecule is O=C(Nc1ccc(-c2n[nH]c(C3CC3)n2)cc1)c1cccc(N2CCNC2=O)c1. The van der Waals surface area contributed by atoms with Crippen LogP contribution in [0.1, 0.15) is 34.9 Å². The fraction of sp³-hybridized carbons (Fsp3) is 0.238. The minimum atomic E-state index is -0.229. The number of amides is 3. The highest BCUT2D eigenvalue weighted by Crippen LogP contribution is 2.38. The van der Waals surface area contributed by atoms with Crippen molar-refractivity contribution in [2.24, 2.45) is 0 Å². The first-order valence-corrected chi connectivity index (χ1v) is 9.67. The Balaban J connectivity index is 1.28. The third-order valence-corrected chi connectivity index (χ3v) is 5.14. The van der Waals surface area contributed by atoms with Gasteiger partial charge in [-0.1, -0.05) is 6.07 Å². The molecule has 0 spiro atoms. The van der Waals surface area contributed by atoms with Crippen molar-refractivity contribution in [2.75, 3.05) is 23.3 Å². The van der Waals surface area contributed by atoms with E-state index in [4.69, 9.17) is 0 Å². The van der Waals surface area contributed by atoms with Crippen molar-refractivity contribution in [3.05, 3.63) is 59.9 Å². The first-order chi connectivity index (χ1) is 14.2. The Labute approximate surface area is 167 Å². The fourth-order valence-corrected chi connectivity index (χ4v) is 3.38. The van der Waals surface area contributed by atoms with E-state index in [0.29, 0.717) is 41.8 Å². The summed E-state index contributed by atoms with van der Waals surface area (Å²) in [6.45, 7) is 1.20. The Morgan fingerprint density at radius 1 is 1.14 bits per heavy atom. The average Bonchev–Trinajstić information content (AvgIpc) is 3.31. The van der Waals surface area contributed by atoms with Crippen molar-refractivity contribution in [1.82, 2.24) is 20.5 Å². The lowest BCUT2D eigenvalue weighted by Crippen LogP contribution is -2.27. The van der Waals surface area contributed by atoms with Crippen molar-refractivity contribution in [3.63, 3.8) is 0 Å². The van der Waals surface area contributed by atoms with E-state index in [0.717, 1.165) is 11.4 Å². The number of benzene rings is 2. The Bertz CT molecular complexity index is 1070. The molecule has 8 heteroatoms. The maximum atomic E-state index is 12.6. The minimum Gasteiger partial charge on any atom is -0.336 e. The Morgan fingerprint density at radius 2 is 1.97 bits per heavy atom. The summed E-state index contributed by atoms with van der Waals surface area (Å²) in [5.74, 6) is 1.91. The molecule has 0 atom stereocenters. The second kappa shape index (κ2) is 7.05. The molecule has 8 nitrogen and oxygen atoms in total. The van der Waals surface area contributed by atoms with Crippen molar-refractivity contribution < 1.29 is 9.59 Å². The lowest BCUT2D eigenvalue weighted by molar-refractivity contribution is 0.102. The highest BCUT2D eigenvalue weighted by molar-refractivity contribution is 6.05. The Morgan fingerprint density at radius 3 is 2.69 bits per heavy atom. The van der Waals surface area contributed by atoms with Crippen LogP contribution in [0.4, 0.5) is 16.2 Å². The zero-order valence-electron chi connectivity index (χ0n) is 15.7. The molecule has 1 aliphatic carbocycles. The molecular formula is C21H20N6O2. The molecule has 1 aliphatic heterocycles. The van der Waals surface area contributed by atoms with Crippen LogP contribution in [0, 0.1) is 0 Å². The smallest absolute Gasteiger partial charge is 0.321 e. The van der Waals surface area contributed by atoms with Gasteiger partial charge in [0.1, 0.15) is 5.82 Å². The van der Waals surface area contributed by atoms with E-state index in [2.05, 4.69) is 25.8 Å². The van der Waals surface area contributed by atoms with Crippen LogP contribution in [0.2, 0.25) is 0 Å². The monoisotopic (exact) mass is 388 g/mol. The molecule has 1 aromatic heterocycles. The summed E-state index contributed by atoms with van der Waals surface area (Å²) < 4.78 is 0. The molecule has 2 fully saturated rings. The van der Waals surface area contributed by atoms with Gasteiger partial charge >= 0.3 is 6.03 Å². The molecule has 5 rings (SSSR count). The highest BCUT2D eigenvalue weighted by atomic mass is 16.2. The van der Waals surface area contributed by atoms with E-state index in [1.54, 1.807) is 23.1 Å². The summed E-state index contributed by atoms with van der Waals surface area (Å²) in [7, 11) is 0. The normalized spacial score (nSPS) is 16.0. The maximum Gasteiger partial charge on any atom is 0.321 e. The molecule has 2 heterocycles. The predicted octanol–water partition coefficient (Wildman–Crippen LogP) is 3.13. The van der Waals surface area contributed by atoms with E-state index in [-0.39, 0.29) is 11.9 Å². The van der Waals surface area contributed by atoms with E-state index >= 15 is 0 Å². The maximum absolute atomic E-state index is 12.6. The zero-order chi connectivity index (χ0) is 19.8. The third-order valence-electron chi connectivity index (χ3n) is 5.14. The standard InChI is InChI=1S/C21H20N6O2/c28-20(15-2-1-3-17(12-15)27-11-10-22-21(27)29)23-16-8-6-14(7-9-16)19-24-18(25-26-19)13-4-5-13/h1-3,6-9,12-13H,4-5,10-11H2,(H,22,29)(H,23,28)(H,24,25,26). The van der Waals surface area contributed by atoms with Crippen LogP contribution in [0.5, 0.6) is 0 Å². The number of nitrogens with one attached hydrogen (secondary N) is 3. The van der Waals surface area contributed by atoms with Gasteiger partial charge in [-0.05, 0) is 55.3 Å². The largest absolute Gasteiger partial charge is 0.336 e. The molecule has 3 amide bonds. The molecule has 146 valence electrons. The lowest BCUT2D eigenvalue weighted by atomic mass is 10.1.